The quantitative estimate of drug-likeness (QED) is 0.867. The van der Waals surface area contributed by atoms with Crippen LogP contribution in [0.5, 0.6) is 0 Å². The van der Waals surface area contributed by atoms with E-state index in [1.54, 1.807) is 0 Å². The highest BCUT2D eigenvalue weighted by molar-refractivity contribution is 5.17. The van der Waals surface area contributed by atoms with Gasteiger partial charge in [0, 0.05) is 25.7 Å². The monoisotopic (exact) mass is 235 g/mol. The van der Waals surface area contributed by atoms with Crippen molar-refractivity contribution in [2.45, 2.75) is 25.5 Å². The summed E-state index contributed by atoms with van der Waals surface area (Å²) in [5.41, 5.74) is 0.991. The van der Waals surface area contributed by atoms with Crippen LogP contribution in [0.25, 0.3) is 0 Å². The standard InChI is InChI=1S/C14H21NO2/c1-12-7-9-17-10-8-15(12)11-14(16)13-5-3-2-4-6-13/h2-6,12,14,16H,7-11H2,1H3. The summed E-state index contributed by atoms with van der Waals surface area (Å²) in [6.45, 7) is 5.40. The van der Waals surface area contributed by atoms with Crippen LogP contribution >= 0.6 is 0 Å². The average Bonchev–Trinajstić information content (AvgIpc) is 2.56. The van der Waals surface area contributed by atoms with Gasteiger partial charge in [0.1, 0.15) is 0 Å². The van der Waals surface area contributed by atoms with Crippen molar-refractivity contribution in [3.05, 3.63) is 35.9 Å². The van der Waals surface area contributed by atoms with Crippen LogP contribution in [0.3, 0.4) is 0 Å². The molecule has 1 aromatic rings. The number of rotatable bonds is 3. The Morgan fingerprint density at radius 3 is 2.88 bits per heavy atom. The van der Waals surface area contributed by atoms with Crippen molar-refractivity contribution in [3.63, 3.8) is 0 Å². The van der Waals surface area contributed by atoms with Crippen LogP contribution in [0.4, 0.5) is 0 Å². The lowest BCUT2D eigenvalue weighted by atomic mass is 10.1. The van der Waals surface area contributed by atoms with E-state index in [4.69, 9.17) is 4.74 Å². The van der Waals surface area contributed by atoms with Crippen LogP contribution in [-0.4, -0.2) is 42.4 Å². The topological polar surface area (TPSA) is 32.7 Å². The maximum atomic E-state index is 10.2. The number of nitrogens with zero attached hydrogens (tertiary/aromatic N) is 1. The normalized spacial score (nSPS) is 24.2. The van der Waals surface area contributed by atoms with Gasteiger partial charge in [-0.05, 0) is 18.9 Å². The van der Waals surface area contributed by atoms with Gasteiger partial charge in [0.15, 0.2) is 0 Å². The average molecular weight is 235 g/mol. The molecule has 0 radical (unpaired) electrons. The number of β-amino-alcohol motifs (C(OH)–C–C–N with tert-alkyl or cyclic N) is 1. The molecule has 0 amide bonds. The number of hydrogen-bond donors (Lipinski definition) is 1. The van der Waals surface area contributed by atoms with Gasteiger partial charge in [0.25, 0.3) is 0 Å². The fraction of sp³-hybridized carbons (Fsp3) is 0.571. The molecule has 1 aromatic carbocycles. The maximum Gasteiger partial charge on any atom is 0.0917 e. The molecular weight excluding hydrogens is 214 g/mol. The Labute approximate surface area is 103 Å². The number of hydrogen-bond acceptors (Lipinski definition) is 3. The third-order valence-electron chi connectivity index (χ3n) is 3.42. The summed E-state index contributed by atoms with van der Waals surface area (Å²) in [7, 11) is 0. The van der Waals surface area contributed by atoms with Crippen LogP contribution in [0.2, 0.25) is 0 Å². The first-order valence-corrected chi connectivity index (χ1v) is 6.32. The molecule has 2 unspecified atom stereocenters. The molecular formula is C14H21NO2. The molecule has 2 rings (SSSR count). The minimum atomic E-state index is -0.406. The van der Waals surface area contributed by atoms with Crippen molar-refractivity contribution >= 4 is 0 Å². The molecule has 17 heavy (non-hydrogen) atoms. The van der Waals surface area contributed by atoms with E-state index in [1.807, 2.05) is 30.3 Å². The van der Waals surface area contributed by atoms with Crippen molar-refractivity contribution < 1.29 is 9.84 Å². The minimum Gasteiger partial charge on any atom is -0.387 e. The summed E-state index contributed by atoms with van der Waals surface area (Å²) in [6.07, 6.45) is 0.637. The Balaban J connectivity index is 1.95. The van der Waals surface area contributed by atoms with E-state index in [0.29, 0.717) is 12.6 Å². The van der Waals surface area contributed by atoms with Crippen LogP contribution < -0.4 is 0 Å². The molecule has 1 fully saturated rings. The Hall–Kier alpha value is -0.900. The molecule has 1 N–H and O–H groups in total. The summed E-state index contributed by atoms with van der Waals surface area (Å²) in [6, 6.07) is 10.3. The smallest absolute Gasteiger partial charge is 0.0917 e. The fourth-order valence-electron chi connectivity index (χ4n) is 2.21. The molecule has 0 saturated carbocycles. The van der Waals surface area contributed by atoms with E-state index < -0.39 is 6.10 Å². The van der Waals surface area contributed by atoms with Gasteiger partial charge >= 0.3 is 0 Å². The molecule has 0 spiro atoms. The second kappa shape index (κ2) is 6.15. The lowest BCUT2D eigenvalue weighted by Crippen LogP contribution is -2.37. The van der Waals surface area contributed by atoms with E-state index in [9.17, 15) is 5.11 Å². The SMILES string of the molecule is CC1CCOCCN1CC(O)c1ccccc1. The van der Waals surface area contributed by atoms with E-state index in [-0.39, 0.29) is 0 Å². The van der Waals surface area contributed by atoms with Crippen molar-refractivity contribution in [1.82, 2.24) is 4.90 Å². The fourth-order valence-corrected chi connectivity index (χ4v) is 2.21. The molecule has 94 valence electrons. The minimum absolute atomic E-state index is 0.406. The largest absolute Gasteiger partial charge is 0.387 e. The second-order valence-corrected chi connectivity index (χ2v) is 4.67. The molecule has 3 heteroatoms. The first-order valence-electron chi connectivity index (χ1n) is 6.32. The van der Waals surface area contributed by atoms with Gasteiger partial charge in [-0.15, -0.1) is 0 Å². The molecule has 3 nitrogen and oxygen atoms in total. The molecule has 1 aliphatic rings. The van der Waals surface area contributed by atoms with E-state index in [2.05, 4.69) is 11.8 Å². The predicted molar refractivity (Wildman–Crippen MR) is 67.9 cm³/mol. The molecule has 1 aliphatic heterocycles. The summed E-state index contributed by atoms with van der Waals surface area (Å²) in [4.78, 5) is 2.31. The van der Waals surface area contributed by atoms with Gasteiger partial charge in [0.2, 0.25) is 0 Å². The Morgan fingerprint density at radius 1 is 1.35 bits per heavy atom. The molecule has 0 aromatic heterocycles. The second-order valence-electron chi connectivity index (χ2n) is 4.67. The van der Waals surface area contributed by atoms with Crippen LogP contribution in [0, 0.1) is 0 Å². The molecule has 2 atom stereocenters. The molecule has 0 bridgehead atoms. The summed E-state index contributed by atoms with van der Waals surface area (Å²) in [5, 5.41) is 10.2. The Bertz CT molecular complexity index is 328. The zero-order chi connectivity index (χ0) is 12.1. The van der Waals surface area contributed by atoms with E-state index >= 15 is 0 Å². The maximum absolute atomic E-state index is 10.2. The van der Waals surface area contributed by atoms with E-state index in [1.165, 1.54) is 0 Å². The third-order valence-corrected chi connectivity index (χ3v) is 3.42. The number of aliphatic hydroxyl groups excluding tert-OH is 1. The van der Waals surface area contributed by atoms with Gasteiger partial charge in [-0.1, -0.05) is 30.3 Å². The number of benzene rings is 1. The highest BCUT2D eigenvalue weighted by atomic mass is 16.5. The van der Waals surface area contributed by atoms with Gasteiger partial charge in [-0.3, -0.25) is 4.90 Å². The highest BCUT2D eigenvalue weighted by Gasteiger charge is 2.20. The highest BCUT2D eigenvalue weighted by Crippen LogP contribution is 2.17. The number of ether oxygens (including phenoxy) is 1. The first kappa shape index (κ1) is 12.6. The summed E-state index contributed by atoms with van der Waals surface area (Å²) >= 11 is 0. The molecule has 1 heterocycles. The number of aliphatic hydroxyl groups is 1. The van der Waals surface area contributed by atoms with Gasteiger partial charge < -0.3 is 9.84 Å². The summed E-state index contributed by atoms with van der Waals surface area (Å²) < 4.78 is 5.46. The predicted octanol–water partition coefficient (Wildman–Crippen LogP) is 1.83. The van der Waals surface area contributed by atoms with Crippen molar-refractivity contribution in [2.24, 2.45) is 0 Å². The van der Waals surface area contributed by atoms with Crippen molar-refractivity contribution in [1.29, 1.82) is 0 Å². The van der Waals surface area contributed by atoms with Crippen LogP contribution in [0.1, 0.15) is 25.0 Å². The first-order chi connectivity index (χ1) is 8.27. The van der Waals surface area contributed by atoms with Gasteiger partial charge in [0.05, 0.1) is 12.7 Å². The molecule has 1 saturated heterocycles. The zero-order valence-electron chi connectivity index (χ0n) is 10.4. The lowest BCUT2D eigenvalue weighted by Gasteiger charge is -2.28. The summed E-state index contributed by atoms with van der Waals surface area (Å²) in [5.74, 6) is 0. The van der Waals surface area contributed by atoms with Crippen molar-refractivity contribution in [3.8, 4) is 0 Å². The van der Waals surface area contributed by atoms with Gasteiger partial charge in [-0.2, -0.15) is 0 Å². The van der Waals surface area contributed by atoms with Crippen LogP contribution in [0.15, 0.2) is 30.3 Å². The lowest BCUT2D eigenvalue weighted by molar-refractivity contribution is 0.0884. The Kier molecular flexibility index (Phi) is 4.54. The van der Waals surface area contributed by atoms with E-state index in [0.717, 1.165) is 31.7 Å². The van der Waals surface area contributed by atoms with Crippen LogP contribution in [-0.2, 0) is 4.74 Å². The third kappa shape index (κ3) is 3.53. The zero-order valence-corrected chi connectivity index (χ0v) is 10.4. The Morgan fingerprint density at radius 2 is 2.12 bits per heavy atom. The van der Waals surface area contributed by atoms with Crippen molar-refractivity contribution in [2.75, 3.05) is 26.3 Å². The van der Waals surface area contributed by atoms with Gasteiger partial charge in [-0.25, -0.2) is 0 Å². The molecule has 0 aliphatic carbocycles.